The van der Waals surface area contributed by atoms with Gasteiger partial charge in [0.25, 0.3) is 0 Å². The molecule has 35 heavy (non-hydrogen) atoms. The molecule has 1 fully saturated rings. The van der Waals surface area contributed by atoms with Crippen LogP contribution in [0.25, 0.3) is 10.9 Å². The zero-order chi connectivity index (χ0) is 24.4. The number of aryl methyl sites for hydroxylation is 1. The molecule has 0 radical (unpaired) electrons. The molecule has 3 nitrogen and oxygen atoms in total. The predicted octanol–water partition coefficient (Wildman–Crippen LogP) is 6.92. The molecular formula is C31H33FN2O. The second-order valence-electron chi connectivity index (χ2n) is 10.1. The van der Waals surface area contributed by atoms with E-state index in [1.807, 2.05) is 17.0 Å². The van der Waals surface area contributed by atoms with Gasteiger partial charge in [-0.25, -0.2) is 4.39 Å². The molecule has 2 heterocycles. The van der Waals surface area contributed by atoms with Gasteiger partial charge in [-0.05, 0) is 60.6 Å². The van der Waals surface area contributed by atoms with Crippen molar-refractivity contribution in [3.05, 3.63) is 107 Å². The van der Waals surface area contributed by atoms with Gasteiger partial charge in [0.1, 0.15) is 5.82 Å². The summed E-state index contributed by atoms with van der Waals surface area (Å²) in [5.74, 6) is 0.463. The van der Waals surface area contributed by atoms with E-state index in [2.05, 4.69) is 73.1 Å². The van der Waals surface area contributed by atoms with Gasteiger partial charge < -0.3 is 9.47 Å². The van der Waals surface area contributed by atoms with Crippen LogP contribution in [-0.2, 0) is 11.3 Å². The summed E-state index contributed by atoms with van der Waals surface area (Å²) < 4.78 is 16.1. The Kier molecular flexibility index (Phi) is 6.72. The molecule has 1 unspecified atom stereocenters. The summed E-state index contributed by atoms with van der Waals surface area (Å²) in [7, 11) is 0. The summed E-state index contributed by atoms with van der Waals surface area (Å²) in [6, 6.07) is 23.7. The third kappa shape index (κ3) is 5.17. The normalized spacial score (nSPS) is 15.5. The van der Waals surface area contributed by atoms with E-state index in [0.717, 1.165) is 54.5 Å². The number of fused-ring (bicyclic) bond motifs is 1. The van der Waals surface area contributed by atoms with E-state index < -0.39 is 0 Å². The van der Waals surface area contributed by atoms with Crippen LogP contribution >= 0.6 is 0 Å². The number of likely N-dealkylation sites (tertiary alicyclic amines) is 1. The van der Waals surface area contributed by atoms with Gasteiger partial charge in [0.2, 0.25) is 5.91 Å². The molecule has 0 bridgehead atoms. The molecule has 0 saturated carbocycles. The maximum atomic E-state index is 13.8. The van der Waals surface area contributed by atoms with E-state index in [-0.39, 0.29) is 17.6 Å². The fourth-order valence-corrected chi connectivity index (χ4v) is 5.24. The summed E-state index contributed by atoms with van der Waals surface area (Å²) in [6.07, 6.45) is 4.70. The minimum absolute atomic E-state index is 0.133. The SMILES string of the molecule is Cc1ccc(Cn2cc(C(CC(=O)N3CCC(C)CC3)c3ccc(F)cc3)c3ccccc32)cc1. The lowest BCUT2D eigenvalue weighted by molar-refractivity contribution is -0.132. The number of amides is 1. The van der Waals surface area contributed by atoms with Crippen LogP contribution in [0.1, 0.15) is 54.4 Å². The molecule has 1 saturated heterocycles. The first-order valence-corrected chi connectivity index (χ1v) is 12.6. The highest BCUT2D eigenvalue weighted by atomic mass is 19.1. The number of hydrogen-bond acceptors (Lipinski definition) is 1. The van der Waals surface area contributed by atoms with Gasteiger partial charge in [0, 0.05) is 49.1 Å². The van der Waals surface area contributed by atoms with E-state index in [1.165, 1.54) is 23.3 Å². The van der Waals surface area contributed by atoms with E-state index in [4.69, 9.17) is 0 Å². The van der Waals surface area contributed by atoms with E-state index in [0.29, 0.717) is 12.3 Å². The van der Waals surface area contributed by atoms with Crippen LogP contribution in [-0.4, -0.2) is 28.5 Å². The summed E-state index contributed by atoms with van der Waals surface area (Å²) >= 11 is 0. The molecule has 180 valence electrons. The lowest BCUT2D eigenvalue weighted by atomic mass is 9.87. The number of piperidine rings is 1. The number of carbonyl (C=O) groups is 1. The Morgan fingerprint density at radius 1 is 0.971 bits per heavy atom. The maximum Gasteiger partial charge on any atom is 0.223 e. The van der Waals surface area contributed by atoms with Crippen molar-refractivity contribution in [2.75, 3.05) is 13.1 Å². The van der Waals surface area contributed by atoms with Gasteiger partial charge in [-0.3, -0.25) is 4.79 Å². The molecule has 1 aliphatic rings. The molecule has 1 aliphatic heterocycles. The smallest absolute Gasteiger partial charge is 0.223 e. The molecule has 4 aromatic rings. The first-order valence-electron chi connectivity index (χ1n) is 12.6. The summed E-state index contributed by atoms with van der Waals surface area (Å²) in [5, 5.41) is 1.15. The maximum absolute atomic E-state index is 13.8. The summed E-state index contributed by atoms with van der Waals surface area (Å²) in [4.78, 5) is 15.5. The van der Waals surface area contributed by atoms with E-state index in [9.17, 15) is 9.18 Å². The molecule has 1 amide bonds. The Labute approximate surface area is 207 Å². The fraction of sp³-hybridized carbons (Fsp3) is 0.323. The highest BCUT2D eigenvalue weighted by Gasteiger charge is 2.27. The van der Waals surface area contributed by atoms with Gasteiger partial charge in [0.05, 0.1) is 0 Å². The number of para-hydroxylation sites is 1. The highest BCUT2D eigenvalue weighted by Crippen LogP contribution is 2.36. The van der Waals surface area contributed by atoms with E-state index >= 15 is 0 Å². The average Bonchev–Trinajstić information content (AvgIpc) is 3.23. The highest BCUT2D eigenvalue weighted by molar-refractivity contribution is 5.87. The Morgan fingerprint density at radius 2 is 1.66 bits per heavy atom. The van der Waals surface area contributed by atoms with Gasteiger partial charge in [-0.2, -0.15) is 0 Å². The van der Waals surface area contributed by atoms with Gasteiger partial charge in [-0.15, -0.1) is 0 Å². The third-order valence-corrected chi connectivity index (χ3v) is 7.46. The molecular weight excluding hydrogens is 435 g/mol. The minimum atomic E-state index is -0.259. The zero-order valence-corrected chi connectivity index (χ0v) is 20.6. The monoisotopic (exact) mass is 468 g/mol. The average molecular weight is 469 g/mol. The molecule has 1 aromatic heterocycles. The van der Waals surface area contributed by atoms with Crippen LogP contribution in [0.2, 0.25) is 0 Å². The van der Waals surface area contributed by atoms with Crippen LogP contribution in [0.5, 0.6) is 0 Å². The Morgan fingerprint density at radius 3 is 2.37 bits per heavy atom. The Hall–Kier alpha value is -3.40. The number of aromatic nitrogens is 1. The number of benzene rings is 3. The molecule has 1 atom stereocenters. The van der Waals surface area contributed by atoms with Crippen LogP contribution in [0.3, 0.4) is 0 Å². The number of halogens is 1. The molecule has 0 N–H and O–H groups in total. The minimum Gasteiger partial charge on any atom is -0.343 e. The first-order chi connectivity index (χ1) is 17.0. The largest absolute Gasteiger partial charge is 0.343 e. The number of hydrogen-bond donors (Lipinski definition) is 0. The number of rotatable bonds is 6. The van der Waals surface area contributed by atoms with Crippen molar-refractivity contribution in [3.63, 3.8) is 0 Å². The fourth-order valence-electron chi connectivity index (χ4n) is 5.24. The predicted molar refractivity (Wildman–Crippen MR) is 140 cm³/mol. The van der Waals surface area contributed by atoms with Crippen molar-refractivity contribution in [2.24, 2.45) is 5.92 Å². The van der Waals surface area contributed by atoms with Crippen molar-refractivity contribution < 1.29 is 9.18 Å². The van der Waals surface area contributed by atoms with Crippen LogP contribution in [0, 0.1) is 18.7 Å². The van der Waals surface area contributed by atoms with Crippen molar-refractivity contribution in [1.29, 1.82) is 0 Å². The number of nitrogens with zero attached hydrogens (tertiary/aromatic N) is 2. The Bertz CT molecular complexity index is 1300. The van der Waals surface area contributed by atoms with Crippen molar-refractivity contribution in [2.45, 2.75) is 45.6 Å². The van der Waals surface area contributed by atoms with Gasteiger partial charge in [0.15, 0.2) is 0 Å². The van der Waals surface area contributed by atoms with Crippen molar-refractivity contribution >= 4 is 16.8 Å². The second-order valence-corrected chi connectivity index (χ2v) is 10.1. The topological polar surface area (TPSA) is 25.2 Å². The zero-order valence-electron chi connectivity index (χ0n) is 20.6. The third-order valence-electron chi connectivity index (χ3n) is 7.46. The van der Waals surface area contributed by atoms with Crippen LogP contribution < -0.4 is 0 Å². The van der Waals surface area contributed by atoms with E-state index in [1.54, 1.807) is 0 Å². The van der Waals surface area contributed by atoms with Crippen molar-refractivity contribution in [1.82, 2.24) is 9.47 Å². The molecule has 0 aliphatic carbocycles. The standard InChI is InChI=1S/C31H33FN2O/c1-22-7-9-24(10-8-22)20-34-21-29(27-5-3-4-6-30(27)34)28(25-11-13-26(32)14-12-25)19-31(35)33-17-15-23(2)16-18-33/h3-14,21,23,28H,15-20H2,1-2H3. The van der Waals surface area contributed by atoms with Gasteiger partial charge >= 0.3 is 0 Å². The first kappa shape index (κ1) is 23.3. The Balaban J connectivity index is 1.53. The molecule has 0 spiro atoms. The summed E-state index contributed by atoms with van der Waals surface area (Å²) in [6.45, 7) is 6.76. The quantitative estimate of drug-likeness (QED) is 0.302. The van der Waals surface area contributed by atoms with Crippen molar-refractivity contribution in [3.8, 4) is 0 Å². The molecule has 5 rings (SSSR count). The lowest BCUT2D eigenvalue weighted by Crippen LogP contribution is -2.38. The second kappa shape index (κ2) is 10.1. The number of carbonyl (C=O) groups excluding carboxylic acids is 1. The summed E-state index contributed by atoms with van der Waals surface area (Å²) in [5.41, 5.74) is 5.73. The van der Waals surface area contributed by atoms with Gasteiger partial charge in [-0.1, -0.05) is 67.1 Å². The van der Waals surface area contributed by atoms with Crippen LogP contribution in [0.4, 0.5) is 4.39 Å². The van der Waals surface area contributed by atoms with Crippen LogP contribution in [0.15, 0.2) is 79.0 Å². The molecule has 3 aromatic carbocycles. The molecule has 4 heteroatoms. The lowest BCUT2D eigenvalue weighted by Gasteiger charge is -2.31.